The van der Waals surface area contributed by atoms with Gasteiger partial charge in [0, 0.05) is 18.0 Å². The summed E-state index contributed by atoms with van der Waals surface area (Å²) in [4.78, 5) is 12.5. The SMILES string of the molecule is C=CCn1c(SCC(=O)N[C@H]2CCCC[C@@H]2C)nnc1-c1cc2cccc(OC)c2o1. The minimum atomic E-state index is 0.0342. The van der Waals surface area contributed by atoms with Gasteiger partial charge in [0.15, 0.2) is 22.2 Å². The van der Waals surface area contributed by atoms with E-state index in [4.69, 9.17) is 9.15 Å². The average Bonchev–Trinajstić information content (AvgIpc) is 3.38. The van der Waals surface area contributed by atoms with E-state index in [1.165, 1.54) is 31.0 Å². The zero-order valence-electron chi connectivity index (χ0n) is 18.0. The fourth-order valence-electron chi connectivity index (χ4n) is 4.09. The van der Waals surface area contributed by atoms with Crippen LogP contribution < -0.4 is 10.1 Å². The third kappa shape index (κ3) is 4.63. The number of ether oxygens (including phenoxy) is 1. The number of hydrogen-bond acceptors (Lipinski definition) is 6. The lowest BCUT2D eigenvalue weighted by molar-refractivity contribution is -0.119. The van der Waals surface area contributed by atoms with Crippen molar-refractivity contribution in [3.63, 3.8) is 0 Å². The zero-order chi connectivity index (χ0) is 21.8. The highest BCUT2D eigenvalue weighted by molar-refractivity contribution is 7.99. The van der Waals surface area contributed by atoms with Crippen LogP contribution in [-0.2, 0) is 11.3 Å². The smallest absolute Gasteiger partial charge is 0.230 e. The summed E-state index contributed by atoms with van der Waals surface area (Å²) in [6.45, 7) is 6.58. The van der Waals surface area contributed by atoms with Gasteiger partial charge in [0.1, 0.15) is 0 Å². The number of fused-ring (bicyclic) bond motifs is 1. The van der Waals surface area contributed by atoms with Gasteiger partial charge >= 0.3 is 0 Å². The third-order valence-corrected chi connectivity index (χ3v) is 6.73. The summed E-state index contributed by atoms with van der Waals surface area (Å²) in [7, 11) is 1.62. The number of thioether (sulfide) groups is 1. The van der Waals surface area contributed by atoms with Gasteiger partial charge in [-0.15, -0.1) is 16.8 Å². The second-order valence-electron chi connectivity index (χ2n) is 7.92. The topological polar surface area (TPSA) is 82.2 Å². The molecule has 1 aliphatic carbocycles. The molecule has 0 spiro atoms. The van der Waals surface area contributed by atoms with Crippen molar-refractivity contribution in [2.24, 2.45) is 5.92 Å². The van der Waals surface area contributed by atoms with Gasteiger partial charge in [0.05, 0.1) is 12.9 Å². The molecular formula is C23H28N4O3S. The van der Waals surface area contributed by atoms with E-state index in [1.807, 2.05) is 28.8 Å². The summed E-state index contributed by atoms with van der Waals surface area (Å²) in [6, 6.07) is 7.94. The summed E-state index contributed by atoms with van der Waals surface area (Å²) in [5.74, 6) is 2.73. The molecule has 0 saturated heterocycles. The van der Waals surface area contributed by atoms with Crippen LogP contribution in [0.15, 0.2) is 46.5 Å². The van der Waals surface area contributed by atoms with Gasteiger partial charge in [-0.3, -0.25) is 9.36 Å². The van der Waals surface area contributed by atoms with Crippen molar-refractivity contribution < 1.29 is 13.9 Å². The maximum absolute atomic E-state index is 12.5. The molecule has 1 N–H and O–H groups in total. The number of nitrogens with zero attached hydrogens (tertiary/aromatic N) is 3. The van der Waals surface area contributed by atoms with E-state index < -0.39 is 0 Å². The predicted molar refractivity (Wildman–Crippen MR) is 122 cm³/mol. The summed E-state index contributed by atoms with van der Waals surface area (Å²) in [5, 5.41) is 13.4. The normalized spacial score (nSPS) is 18.8. The summed E-state index contributed by atoms with van der Waals surface area (Å²) >= 11 is 1.38. The number of amides is 1. The number of furan rings is 1. The second-order valence-corrected chi connectivity index (χ2v) is 8.86. The highest BCUT2D eigenvalue weighted by Gasteiger charge is 2.24. The Morgan fingerprint density at radius 1 is 1.39 bits per heavy atom. The van der Waals surface area contributed by atoms with Crippen molar-refractivity contribution in [1.29, 1.82) is 0 Å². The average molecular weight is 441 g/mol. The molecule has 1 saturated carbocycles. The van der Waals surface area contributed by atoms with Crippen LogP contribution in [-0.4, -0.2) is 39.6 Å². The molecule has 4 rings (SSSR count). The molecule has 2 atom stereocenters. The van der Waals surface area contributed by atoms with Gasteiger partial charge in [-0.2, -0.15) is 0 Å². The highest BCUT2D eigenvalue weighted by Crippen LogP contribution is 2.34. The number of hydrogen-bond donors (Lipinski definition) is 1. The molecule has 1 fully saturated rings. The Bertz CT molecular complexity index is 1070. The summed E-state index contributed by atoms with van der Waals surface area (Å²) < 4.78 is 13.4. The van der Waals surface area contributed by atoms with Crippen molar-refractivity contribution >= 4 is 28.6 Å². The second kappa shape index (κ2) is 9.60. The minimum absolute atomic E-state index is 0.0342. The molecule has 0 radical (unpaired) electrons. The lowest BCUT2D eigenvalue weighted by atomic mass is 9.86. The first-order valence-corrected chi connectivity index (χ1v) is 11.6. The minimum Gasteiger partial charge on any atom is -0.493 e. The standard InChI is InChI=1S/C23H28N4O3S/c1-4-12-27-22(19-13-16-9-7-11-18(29-3)21(16)30-19)25-26-23(27)31-14-20(28)24-17-10-6-5-8-15(17)2/h4,7,9,11,13,15,17H,1,5-6,8,10,12,14H2,2-3H3,(H,24,28)/t15-,17-/m0/s1. The van der Waals surface area contributed by atoms with Crippen molar-refractivity contribution in [3.8, 4) is 17.3 Å². The fourth-order valence-corrected chi connectivity index (χ4v) is 4.85. The number of benzene rings is 1. The number of para-hydroxylation sites is 1. The van der Waals surface area contributed by atoms with Crippen molar-refractivity contribution in [2.75, 3.05) is 12.9 Å². The molecule has 164 valence electrons. The molecule has 8 heteroatoms. The molecule has 0 aliphatic heterocycles. The number of aromatic nitrogens is 3. The first-order chi connectivity index (χ1) is 15.1. The molecule has 1 aliphatic rings. The Kier molecular flexibility index (Phi) is 6.65. The Morgan fingerprint density at radius 2 is 2.23 bits per heavy atom. The molecule has 7 nitrogen and oxygen atoms in total. The van der Waals surface area contributed by atoms with E-state index in [9.17, 15) is 4.79 Å². The van der Waals surface area contributed by atoms with E-state index in [2.05, 4.69) is 29.0 Å². The van der Waals surface area contributed by atoms with Crippen molar-refractivity contribution in [2.45, 2.75) is 50.4 Å². The summed E-state index contributed by atoms with van der Waals surface area (Å²) in [6.07, 6.45) is 6.45. The highest BCUT2D eigenvalue weighted by atomic mass is 32.2. The van der Waals surface area contributed by atoms with Gasteiger partial charge in [0.2, 0.25) is 11.7 Å². The monoisotopic (exact) mass is 440 g/mol. The number of allylic oxidation sites excluding steroid dienone is 1. The van der Waals surface area contributed by atoms with Crippen LogP contribution in [0.4, 0.5) is 0 Å². The van der Waals surface area contributed by atoms with Crippen LogP contribution in [0.1, 0.15) is 32.6 Å². The van der Waals surface area contributed by atoms with Crippen LogP contribution >= 0.6 is 11.8 Å². The van der Waals surface area contributed by atoms with Crippen molar-refractivity contribution in [3.05, 3.63) is 36.9 Å². The molecule has 0 unspecified atom stereocenters. The first-order valence-electron chi connectivity index (χ1n) is 10.6. The van der Waals surface area contributed by atoms with Crippen LogP contribution in [0.2, 0.25) is 0 Å². The first kappa shape index (κ1) is 21.5. The van der Waals surface area contributed by atoms with E-state index >= 15 is 0 Å². The largest absolute Gasteiger partial charge is 0.493 e. The van der Waals surface area contributed by atoms with Crippen molar-refractivity contribution in [1.82, 2.24) is 20.1 Å². The fraction of sp³-hybridized carbons (Fsp3) is 0.435. The molecular weight excluding hydrogens is 412 g/mol. The predicted octanol–water partition coefficient (Wildman–Crippen LogP) is 4.67. The molecule has 3 aromatic rings. The van der Waals surface area contributed by atoms with E-state index in [1.54, 1.807) is 13.2 Å². The molecule has 31 heavy (non-hydrogen) atoms. The Morgan fingerprint density at radius 3 is 3.00 bits per heavy atom. The van der Waals surface area contributed by atoms with Gasteiger partial charge in [-0.25, -0.2) is 0 Å². The van der Waals surface area contributed by atoms with E-state index in [0.29, 0.717) is 46.3 Å². The number of nitrogens with one attached hydrogen (secondary N) is 1. The molecule has 1 amide bonds. The number of methoxy groups -OCH3 is 1. The Balaban J connectivity index is 1.51. The van der Waals surface area contributed by atoms with Crippen LogP contribution in [0.3, 0.4) is 0 Å². The molecule has 2 heterocycles. The Labute approximate surface area is 186 Å². The number of rotatable bonds is 8. The molecule has 1 aromatic carbocycles. The van der Waals surface area contributed by atoms with E-state index in [0.717, 1.165) is 11.8 Å². The Hall–Kier alpha value is -2.74. The summed E-state index contributed by atoms with van der Waals surface area (Å²) in [5.41, 5.74) is 0.670. The lowest BCUT2D eigenvalue weighted by Crippen LogP contribution is -2.41. The quantitative estimate of drug-likeness (QED) is 0.405. The van der Waals surface area contributed by atoms with E-state index in [-0.39, 0.29) is 11.9 Å². The third-order valence-electron chi connectivity index (χ3n) is 5.77. The molecule has 2 aromatic heterocycles. The lowest BCUT2D eigenvalue weighted by Gasteiger charge is -2.29. The number of carbonyl (C=O) groups is 1. The van der Waals surface area contributed by atoms with Crippen LogP contribution in [0.5, 0.6) is 5.75 Å². The zero-order valence-corrected chi connectivity index (χ0v) is 18.8. The number of carbonyl (C=O) groups excluding carboxylic acids is 1. The molecule has 0 bridgehead atoms. The van der Waals surface area contributed by atoms with Crippen LogP contribution in [0.25, 0.3) is 22.6 Å². The maximum Gasteiger partial charge on any atom is 0.230 e. The van der Waals surface area contributed by atoms with Gasteiger partial charge in [-0.05, 0) is 30.9 Å². The van der Waals surface area contributed by atoms with Gasteiger partial charge in [0.25, 0.3) is 0 Å². The maximum atomic E-state index is 12.5. The van der Waals surface area contributed by atoms with Gasteiger partial charge in [-0.1, -0.05) is 49.7 Å². The van der Waals surface area contributed by atoms with Crippen LogP contribution in [0, 0.1) is 5.92 Å². The van der Waals surface area contributed by atoms with Gasteiger partial charge < -0.3 is 14.5 Å².